The van der Waals surface area contributed by atoms with E-state index < -0.39 is 0 Å². The highest BCUT2D eigenvalue weighted by molar-refractivity contribution is 8.14. The SMILES string of the molecule is CC(C)C1CSC(=NCC2CCCO2)N1. The molecule has 0 saturated carbocycles. The molecule has 1 N–H and O–H groups in total. The second-order valence-electron chi connectivity index (χ2n) is 4.59. The van der Waals surface area contributed by atoms with Crippen molar-refractivity contribution < 1.29 is 4.74 Å². The molecule has 2 aliphatic heterocycles. The van der Waals surface area contributed by atoms with Crippen LogP contribution in [0.15, 0.2) is 4.99 Å². The summed E-state index contributed by atoms with van der Waals surface area (Å²) in [6, 6.07) is 0.596. The summed E-state index contributed by atoms with van der Waals surface area (Å²) < 4.78 is 5.54. The number of rotatable bonds is 3. The van der Waals surface area contributed by atoms with Crippen molar-refractivity contribution >= 4 is 16.9 Å². The summed E-state index contributed by atoms with van der Waals surface area (Å²) in [5.74, 6) is 1.84. The Morgan fingerprint density at radius 2 is 2.47 bits per heavy atom. The van der Waals surface area contributed by atoms with E-state index in [0.717, 1.165) is 24.1 Å². The van der Waals surface area contributed by atoms with Crippen LogP contribution in [0.25, 0.3) is 0 Å². The largest absolute Gasteiger partial charge is 0.376 e. The van der Waals surface area contributed by atoms with E-state index in [1.165, 1.54) is 12.8 Å². The Labute approximate surface area is 96.1 Å². The van der Waals surface area contributed by atoms with E-state index in [1.807, 2.05) is 11.8 Å². The smallest absolute Gasteiger partial charge is 0.156 e. The van der Waals surface area contributed by atoms with Crippen LogP contribution in [-0.4, -0.2) is 36.2 Å². The minimum atomic E-state index is 0.373. The molecule has 0 aromatic heterocycles. The number of amidine groups is 1. The molecule has 2 unspecified atom stereocenters. The molecule has 86 valence electrons. The first kappa shape index (κ1) is 11.3. The Morgan fingerprint density at radius 3 is 3.07 bits per heavy atom. The molecule has 0 aromatic rings. The zero-order chi connectivity index (χ0) is 10.7. The van der Waals surface area contributed by atoms with Gasteiger partial charge in [0.25, 0.3) is 0 Å². The quantitative estimate of drug-likeness (QED) is 0.801. The molecule has 0 aliphatic carbocycles. The fourth-order valence-corrected chi connectivity index (χ4v) is 3.04. The van der Waals surface area contributed by atoms with Crippen LogP contribution in [0.4, 0.5) is 0 Å². The first-order valence-electron chi connectivity index (χ1n) is 5.81. The van der Waals surface area contributed by atoms with E-state index in [9.17, 15) is 0 Å². The Kier molecular flexibility index (Phi) is 3.92. The third-order valence-corrected chi connectivity index (χ3v) is 4.02. The van der Waals surface area contributed by atoms with Crippen molar-refractivity contribution in [3.8, 4) is 0 Å². The third kappa shape index (κ3) is 3.11. The zero-order valence-electron chi connectivity index (χ0n) is 9.53. The van der Waals surface area contributed by atoms with Crippen molar-refractivity contribution in [1.29, 1.82) is 0 Å². The molecule has 0 aromatic carbocycles. The molecule has 3 nitrogen and oxygen atoms in total. The highest BCUT2D eigenvalue weighted by Gasteiger charge is 2.23. The van der Waals surface area contributed by atoms with Crippen molar-refractivity contribution in [3.63, 3.8) is 0 Å². The number of hydrogen-bond acceptors (Lipinski definition) is 3. The molecule has 2 atom stereocenters. The maximum Gasteiger partial charge on any atom is 0.156 e. The maximum atomic E-state index is 5.54. The molecule has 2 rings (SSSR count). The van der Waals surface area contributed by atoms with E-state index in [2.05, 4.69) is 24.2 Å². The highest BCUT2D eigenvalue weighted by atomic mass is 32.2. The van der Waals surface area contributed by atoms with Crippen LogP contribution >= 0.6 is 11.8 Å². The summed E-state index contributed by atoms with van der Waals surface area (Å²) in [5, 5.41) is 4.59. The molecule has 0 spiro atoms. The molecule has 15 heavy (non-hydrogen) atoms. The predicted octanol–water partition coefficient (Wildman–Crippen LogP) is 1.88. The summed E-state index contributed by atoms with van der Waals surface area (Å²) in [7, 11) is 0. The van der Waals surface area contributed by atoms with Gasteiger partial charge in [-0.05, 0) is 18.8 Å². The number of thioether (sulfide) groups is 1. The van der Waals surface area contributed by atoms with E-state index in [1.54, 1.807) is 0 Å². The fourth-order valence-electron chi connectivity index (χ4n) is 1.83. The zero-order valence-corrected chi connectivity index (χ0v) is 10.3. The van der Waals surface area contributed by atoms with Gasteiger partial charge in [-0.25, -0.2) is 0 Å². The molecule has 0 amide bonds. The summed E-state index contributed by atoms with van der Waals surface area (Å²) in [6.07, 6.45) is 2.75. The average Bonchev–Trinajstić information content (AvgIpc) is 2.86. The lowest BCUT2D eigenvalue weighted by Gasteiger charge is -2.13. The van der Waals surface area contributed by atoms with Crippen LogP contribution < -0.4 is 5.32 Å². The Bertz CT molecular complexity index is 237. The second-order valence-corrected chi connectivity index (χ2v) is 5.60. The molecular weight excluding hydrogens is 208 g/mol. The minimum absolute atomic E-state index is 0.373. The Morgan fingerprint density at radius 1 is 1.60 bits per heavy atom. The molecule has 2 fully saturated rings. The predicted molar refractivity (Wildman–Crippen MR) is 65.5 cm³/mol. The van der Waals surface area contributed by atoms with Gasteiger partial charge in [-0.3, -0.25) is 4.99 Å². The molecule has 0 bridgehead atoms. The summed E-state index contributed by atoms with van der Waals surface area (Å²) in [6.45, 7) is 6.26. The summed E-state index contributed by atoms with van der Waals surface area (Å²) in [4.78, 5) is 4.58. The van der Waals surface area contributed by atoms with E-state index in [0.29, 0.717) is 18.1 Å². The standard InChI is InChI=1S/C11H20N2OS/c1-8(2)10-7-15-11(13-10)12-6-9-4-3-5-14-9/h8-10H,3-7H2,1-2H3,(H,12,13). The minimum Gasteiger partial charge on any atom is -0.376 e. The molecule has 4 heteroatoms. The van der Waals surface area contributed by atoms with Crippen LogP contribution in [-0.2, 0) is 4.74 Å². The first-order chi connectivity index (χ1) is 7.25. The van der Waals surface area contributed by atoms with Crippen molar-refractivity contribution in [2.45, 2.75) is 38.8 Å². The summed E-state index contributed by atoms with van der Waals surface area (Å²) in [5.41, 5.74) is 0. The first-order valence-corrected chi connectivity index (χ1v) is 6.79. The van der Waals surface area contributed by atoms with E-state index in [4.69, 9.17) is 4.74 Å². The molecular formula is C11H20N2OS. The van der Waals surface area contributed by atoms with Gasteiger partial charge in [0.1, 0.15) is 0 Å². The monoisotopic (exact) mass is 228 g/mol. The van der Waals surface area contributed by atoms with Gasteiger partial charge >= 0.3 is 0 Å². The third-order valence-electron chi connectivity index (χ3n) is 2.98. The van der Waals surface area contributed by atoms with Gasteiger partial charge in [0.15, 0.2) is 5.17 Å². The van der Waals surface area contributed by atoms with Crippen molar-refractivity contribution in [3.05, 3.63) is 0 Å². The lowest BCUT2D eigenvalue weighted by Crippen LogP contribution is -2.32. The summed E-state index contributed by atoms with van der Waals surface area (Å²) >= 11 is 1.85. The number of nitrogens with one attached hydrogen (secondary N) is 1. The van der Waals surface area contributed by atoms with Crippen LogP contribution in [0.3, 0.4) is 0 Å². The van der Waals surface area contributed by atoms with Crippen LogP contribution in [0.2, 0.25) is 0 Å². The maximum absolute atomic E-state index is 5.54. The van der Waals surface area contributed by atoms with Gasteiger partial charge < -0.3 is 10.1 Å². The molecule has 2 saturated heterocycles. The fraction of sp³-hybridized carbons (Fsp3) is 0.909. The van der Waals surface area contributed by atoms with Crippen LogP contribution in [0.1, 0.15) is 26.7 Å². The number of nitrogens with zero attached hydrogens (tertiary/aromatic N) is 1. The van der Waals surface area contributed by atoms with Gasteiger partial charge in [0.2, 0.25) is 0 Å². The van der Waals surface area contributed by atoms with Crippen molar-refractivity contribution in [2.75, 3.05) is 18.9 Å². The lowest BCUT2D eigenvalue weighted by molar-refractivity contribution is 0.118. The van der Waals surface area contributed by atoms with Crippen LogP contribution in [0.5, 0.6) is 0 Å². The lowest BCUT2D eigenvalue weighted by atomic mass is 10.1. The topological polar surface area (TPSA) is 33.6 Å². The van der Waals surface area contributed by atoms with Crippen molar-refractivity contribution in [1.82, 2.24) is 5.32 Å². The van der Waals surface area contributed by atoms with Gasteiger partial charge in [0, 0.05) is 18.4 Å². The van der Waals surface area contributed by atoms with Crippen LogP contribution in [0, 0.1) is 5.92 Å². The normalized spacial score (nSPS) is 33.9. The number of hydrogen-bond donors (Lipinski definition) is 1. The van der Waals surface area contributed by atoms with E-state index in [-0.39, 0.29) is 0 Å². The van der Waals surface area contributed by atoms with E-state index >= 15 is 0 Å². The average molecular weight is 228 g/mol. The van der Waals surface area contributed by atoms with Gasteiger partial charge in [-0.15, -0.1) is 0 Å². The number of ether oxygens (including phenoxy) is 1. The molecule has 2 aliphatic rings. The molecule has 2 heterocycles. The number of aliphatic imine (C=N–C) groups is 1. The molecule has 0 radical (unpaired) electrons. The van der Waals surface area contributed by atoms with Crippen molar-refractivity contribution in [2.24, 2.45) is 10.9 Å². The second kappa shape index (κ2) is 5.21. The van der Waals surface area contributed by atoms with Gasteiger partial charge in [0.05, 0.1) is 12.6 Å². The Balaban J connectivity index is 1.77. The van der Waals surface area contributed by atoms with Gasteiger partial charge in [-0.2, -0.15) is 0 Å². The Hall–Kier alpha value is -0.220. The van der Waals surface area contributed by atoms with Gasteiger partial charge in [-0.1, -0.05) is 25.6 Å². The highest BCUT2D eigenvalue weighted by Crippen LogP contribution is 2.20.